The maximum Gasteiger partial charge on any atom is 0.369 e. The first-order chi connectivity index (χ1) is 9.79. The number of aromatic nitrogens is 2. The van der Waals surface area contributed by atoms with Crippen molar-refractivity contribution in [2.24, 2.45) is 0 Å². The van der Waals surface area contributed by atoms with E-state index in [2.05, 4.69) is 22.3 Å². The van der Waals surface area contributed by atoms with Gasteiger partial charge < -0.3 is 9.47 Å². The number of ether oxygens (including phenoxy) is 2. The summed E-state index contributed by atoms with van der Waals surface area (Å²) in [5, 5.41) is 8.18. The van der Waals surface area contributed by atoms with E-state index in [-0.39, 0.29) is 5.01 Å². The lowest BCUT2D eigenvalue weighted by molar-refractivity contribution is 0.0525. The summed E-state index contributed by atoms with van der Waals surface area (Å²) < 4.78 is 10.3. The average molecular weight is 292 g/mol. The second-order valence-electron chi connectivity index (χ2n) is 4.03. The average Bonchev–Trinajstić information content (AvgIpc) is 2.94. The SMILES string of the molecule is CCOC(=O)c1nnc(OCCCc2ccccc2)s1. The van der Waals surface area contributed by atoms with E-state index in [1.54, 1.807) is 6.92 Å². The zero-order valence-corrected chi connectivity index (χ0v) is 12.1. The van der Waals surface area contributed by atoms with Crippen molar-refractivity contribution < 1.29 is 14.3 Å². The number of carbonyl (C=O) groups is 1. The lowest BCUT2D eigenvalue weighted by Crippen LogP contribution is -2.03. The molecule has 0 bridgehead atoms. The summed E-state index contributed by atoms with van der Waals surface area (Å²) in [5.74, 6) is -0.455. The quantitative estimate of drug-likeness (QED) is 0.580. The van der Waals surface area contributed by atoms with Crippen LogP contribution < -0.4 is 4.74 Å². The fourth-order valence-corrected chi connectivity index (χ4v) is 2.24. The minimum atomic E-state index is -0.455. The molecule has 0 aliphatic heterocycles. The number of hydrogen-bond acceptors (Lipinski definition) is 6. The molecule has 0 fully saturated rings. The zero-order valence-electron chi connectivity index (χ0n) is 11.2. The number of nitrogens with zero attached hydrogens (tertiary/aromatic N) is 2. The molecule has 1 aromatic carbocycles. The standard InChI is InChI=1S/C14H16N2O3S/c1-2-18-13(17)12-15-16-14(20-12)19-10-6-9-11-7-4-3-5-8-11/h3-5,7-8H,2,6,9-10H2,1H3. The van der Waals surface area contributed by atoms with Crippen LogP contribution in [0.5, 0.6) is 5.19 Å². The Balaban J connectivity index is 1.73. The van der Waals surface area contributed by atoms with E-state index in [0.29, 0.717) is 18.4 Å². The number of aryl methyl sites for hydroxylation is 1. The van der Waals surface area contributed by atoms with Gasteiger partial charge in [0.25, 0.3) is 5.19 Å². The van der Waals surface area contributed by atoms with Crippen LogP contribution in [-0.2, 0) is 11.2 Å². The molecule has 2 aromatic rings. The first kappa shape index (κ1) is 14.5. The second-order valence-corrected chi connectivity index (χ2v) is 4.97. The number of hydrogen-bond donors (Lipinski definition) is 0. The first-order valence-electron chi connectivity index (χ1n) is 6.47. The van der Waals surface area contributed by atoms with E-state index in [9.17, 15) is 4.79 Å². The molecule has 0 saturated heterocycles. The van der Waals surface area contributed by atoms with Gasteiger partial charge in [0.1, 0.15) is 0 Å². The van der Waals surface area contributed by atoms with Gasteiger partial charge in [-0.25, -0.2) is 4.79 Å². The van der Waals surface area contributed by atoms with Crippen molar-refractivity contribution >= 4 is 17.3 Å². The Hall–Kier alpha value is -1.95. The molecule has 106 valence electrons. The molecule has 2 rings (SSSR count). The zero-order chi connectivity index (χ0) is 14.2. The van der Waals surface area contributed by atoms with Crippen molar-refractivity contribution in [3.05, 3.63) is 40.9 Å². The van der Waals surface area contributed by atoms with Crippen molar-refractivity contribution in [1.82, 2.24) is 10.2 Å². The molecule has 0 aliphatic rings. The molecular weight excluding hydrogens is 276 g/mol. The fourth-order valence-electron chi connectivity index (χ4n) is 1.62. The molecule has 0 unspecified atom stereocenters. The Bertz CT molecular complexity index is 542. The minimum Gasteiger partial charge on any atom is -0.469 e. The van der Waals surface area contributed by atoms with Gasteiger partial charge in [0, 0.05) is 0 Å². The number of carbonyl (C=O) groups excluding carboxylic acids is 1. The van der Waals surface area contributed by atoms with Crippen molar-refractivity contribution in [3.8, 4) is 5.19 Å². The molecule has 5 nitrogen and oxygen atoms in total. The summed E-state index contributed by atoms with van der Waals surface area (Å²) in [4.78, 5) is 11.4. The van der Waals surface area contributed by atoms with E-state index in [1.807, 2.05) is 18.2 Å². The Labute approximate surface area is 121 Å². The van der Waals surface area contributed by atoms with Gasteiger partial charge in [0.15, 0.2) is 0 Å². The monoisotopic (exact) mass is 292 g/mol. The topological polar surface area (TPSA) is 61.3 Å². The maximum atomic E-state index is 11.4. The Morgan fingerprint density at radius 1 is 1.25 bits per heavy atom. The van der Waals surface area contributed by atoms with Crippen LogP contribution in [0.1, 0.15) is 28.7 Å². The van der Waals surface area contributed by atoms with E-state index >= 15 is 0 Å². The van der Waals surface area contributed by atoms with Crippen molar-refractivity contribution in [2.45, 2.75) is 19.8 Å². The van der Waals surface area contributed by atoms with E-state index in [4.69, 9.17) is 9.47 Å². The third-order valence-electron chi connectivity index (χ3n) is 2.53. The Kier molecular flexibility index (Phi) is 5.49. The predicted molar refractivity (Wildman–Crippen MR) is 76.1 cm³/mol. The number of rotatable bonds is 7. The minimum absolute atomic E-state index is 0.227. The Morgan fingerprint density at radius 3 is 2.80 bits per heavy atom. The molecule has 0 radical (unpaired) electrons. The summed E-state index contributed by atoms with van der Waals surface area (Å²) in [6.45, 7) is 2.62. The summed E-state index contributed by atoms with van der Waals surface area (Å²) in [5.41, 5.74) is 1.28. The highest BCUT2D eigenvalue weighted by Gasteiger charge is 2.14. The highest BCUT2D eigenvalue weighted by atomic mass is 32.1. The van der Waals surface area contributed by atoms with E-state index < -0.39 is 5.97 Å². The summed E-state index contributed by atoms with van der Waals surface area (Å²) >= 11 is 1.11. The van der Waals surface area contributed by atoms with Gasteiger partial charge in [-0.15, -0.1) is 5.10 Å². The molecule has 0 spiro atoms. The summed E-state index contributed by atoms with van der Waals surface area (Å²) in [6.07, 6.45) is 1.84. The smallest absolute Gasteiger partial charge is 0.369 e. The van der Waals surface area contributed by atoms with Gasteiger partial charge in [-0.05, 0) is 36.7 Å². The third kappa shape index (κ3) is 4.31. The van der Waals surface area contributed by atoms with Gasteiger partial charge in [-0.2, -0.15) is 0 Å². The van der Waals surface area contributed by atoms with Crippen LogP contribution in [0.2, 0.25) is 0 Å². The molecule has 0 N–H and O–H groups in total. The second kappa shape index (κ2) is 7.59. The molecule has 0 amide bonds. The Morgan fingerprint density at radius 2 is 2.05 bits per heavy atom. The van der Waals surface area contributed by atoms with Crippen LogP contribution in [0, 0.1) is 0 Å². The lowest BCUT2D eigenvalue weighted by atomic mass is 10.1. The van der Waals surface area contributed by atoms with Gasteiger partial charge >= 0.3 is 5.97 Å². The summed E-state index contributed by atoms with van der Waals surface area (Å²) in [7, 11) is 0. The maximum absolute atomic E-state index is 11.4. The molecule has 0 atom stereocenters. The van der Waals surface area contributed by atoms with Gasteiger partial charge in [-0.1, -0.05) is 35.4 Å². The van der Waals surface area contributed by atoms with E-state index in [1.165, 1.54) is 5.56 Å². The number of benzene rings is 1. The molecule has 20 heavy (non-hydrogen) atoms. The van der Waals surface area contributed by atoms with Gasteiger partial charge in [0.2, 0.25) is 5.01 Å². The predicted octanol–water partition coefficient (Wildman–Crippen LogP) is 2.73. The van der Waals surface area contributed by atoms with Crippen LogP contribution in [-0.4, -0.2) is 29.4 Å². The highest BCUT2D eigenvalue weighted by molar-refractivity contribution is 7.14. The number of esters is 1. The molecular formula is C14H16N2O3S. The highest BCUT2D eigenvalue weighted by Crippen LogP contribution is 2.18. The molecule has 6 heteroatoms. The molecule has 1 aromatic heterocycles. The van der Waals surface area contributed by atoms with Gasteiger partial charge in [-0.3, -0.25) is 0 Å². The van der Waals surface area contributed by atoms with E-state index in [0.717, 1.165) is 24.2 Å². The molecule has 1 heterocycles. The third-order valence-corrected chi connectivity index (χ3v) is 3.35. The van der Waals surface area contributed by atoms with Crippen molar-refractivity contribution in [2.75, 3.05) is 13.2 Å². The fraction of sp³-hybridized carbons (Fsp3) is 0.357. The molecule has 0 aliphatic carbocycles. The van der Waals surface area contributed by atoms with Crippen molar-refractivity contribution in [1.29, 1.82) is 0 Å². The summed E-state index contributed by atoms with van der Waals surface area (Å²) in [6, 6.07) is 10.2. The van der Waals surface area contributed by atoms with Crippen LogP contribution >= 0.6 is 11.3 Å². The van der Waals surface area contributed by atoms with Crippen molar-refractivity contribution in [3.63, 3.8) is 0 Å². The van der Waals surface area contributed by atoms with Gasteiger partial charge in [0.05, 0.1) is 13.2 Å². The largest absolute Gasteiger partial charge is 0.469 e. The molecule has 0 saturated carbocycles. The van der Waals surface area contributed by atoms with Crippen LogP contribution in [0.15, 0.2) is 30.3 Å². The van der Waals surface area contributed by atoms with Crippen LogP contribution in [0.3, 0.4) is 0 Å². The lowest BCUT2D eigenvalue weighted by Gasteiger charge is -2.02. The van der Waals surface area contributed by atoms with Crippen LogP contribution in [0.4, 0.5) is 0 Å². The normalized spacial score (nSPS) is 10.2. The van der Waals surface area contributed by atoms with Crippen LogP contribution in [0.25, 0.3) is 0 Å². The first-order valence-corrected chi connectivity index (χ1v) is 7.28.